The summed E-state index contributed by atoms with van der Waals surface area (Å²) in [6.45, 7) is 1.53. The summed E-state index contributed by atoms with van der Waals surface area (Å²) in [5, 5.41) is 22.8. The molecule has 4 N–H and O–H groups in total. The Bertz CT molecular complexity index is 443. The predicted molar refractivity (Wildman–Crippen MR) is 52.4 cm³/mol. The van der Waals surface area contributed by atoms with E-state index in [1.807, 2.05) is 0 Å². The molecule has 14 heavy (non-hydrogen) atoms. The van der Waals surface area contributed by atoms with Crippen molar-refractivity contribution in [3.8, 4) is 0 Å². The van der Waals surface area contributed by atoms with Gasteiger partial charge in [0.15, 0.2) is 0 Å². The molecule has 0 saturated heterocycles. The Kier molecular flexibility index (Phi) is 2.96. The molecule has 7 heteroatoms. The number of hydrogen-bond acceptors (Lipinski definition) is 4. The van der Waals surface area contributed by atoms with Crippen molar-refractivity contribution >= 4 is 22.6 Å². The zero-order chi connectivity index (χ0) is 10.9. The van der Waals surface area contributed by atoms with Gasteiger partial charge in [-0.3, -0.25) is 0 Å². The van der Waals surface area contributed by atoms with Crippen molar-refractivity contribution in [2.24, 2.45) is 5.14 Å². The molecule has 0 fully saturated rings. The largest absolute Gasteiger partial charge is 0.489 e. The van der Waals surface area contributed by atoms with E-state index in [1.165, 1.54) is 25.1 Å². The van der Waals surface area contributed by atoms with Crippen LogP contribution in [-0.2, 0) is 10.0 Å². The third-order valence-corrected chi connectivity index (χ3v) is 2.93. The van der Waals surface area contributed by atoms with Crippen LogP contribution in [0.15, 0.2) is 23.1 Å². The molecule has 0 aliphatic heterocycles. The van der Waals surface area contributed by atoms with Crippen molar-refractivity contribution in [1.29, 1.82) is 0 Å². The van der Waals surface area contributed by atoms with Crippen LogP contribution >= 0.6 is 0 Å². The molecule has 0 aromatic heterocycles. The normalized spacial score (nSPS) is 11.4. The quantitative estimate of drug-likeness (QED) is 0.513. The second kappa shape index (κ2) is 3.70. The van der Waals surface area contributed by atoms with E-state index in [-0.39, 0.29) is 10.4 Å². The van der Waals surface area contributed by atoms with Crippen molar-refractivity contribution in [1.82, 2.24) is 0 Å². The lowest BCUT2D eigenvalue weighted by Crippen LogP contribution is -2.36. The molecule has 0 radical (unpaired) electrons. The zero-order valence-corrected chi connectivity index (χ0v) is 8.32. The van der Waals surface area contributed by atoms with E-state index in [4.69, 9.17) is 15.2 Å². The van der Waals surface area contributed by atoms with Gasteiger partial charge in [0, 0.05) is 5.46 Å². The smallest absolute Gasteiger partial charge is 0.423 e. The highest BCUT2D eigenvalue weighted by Crippen LogP contribution is 2.10. The van der Waals surface area contributed by atoms with Crippen LogP contribution in [0.3, 0.4) is 0 Å². The summed E-state index contributed by atoms with van der Waals surface area (Å²) in [6.07, 6.45) is 0. The first-order valence-corrected chi connectivity index (χ1v) is 5.37. The summed E-state index contributed by atoms with van der Waals surface area (Å²) in [7, 11) is -5.77. The fourth-order valence-electron chi connectivity index (χ4n) is 1.27. The summed E-state index contributed by atoms with van der Waals surface area (Å²) in [5.41, 5.74) is 0.283. The summed E-state index contributed by atoms with van der Waals surface area (Å²) in [4.78, 5) is -0.227. The molecule has 0 spiro atoms. The Balaban J connectivity index is 3.54. The molecule has 0 bridgehead atoms. The van der Waals surface area contributed by atoms with E-state index in [1.54, 1.807) is 0 Å². The van der Waals surface area contributed by atoms with E-state index >= 15 is 0 Å². The standard InChI is InChI=1S/C7H10BNO4S/c1-5-3-2-4-6(8(10)11)7(5)14(9,12)13/h2-4,10-11H,1H3,(H2,9,12,13). The molecule has 1 aromatic carbocycles. The number of rotatable bonds is 2. The Morgan fingerprint density at radius 2 is 1.93 bits per heavy atom. The van der Waals surface area contributed by atoms with Crippen LogP contribution in [0.5, 0.6) is 0 Å². The second-order valence-corrected chi connectivity index (χ2v) is 4.41. The summed E-state index contributed by atoms with van der Waals surface area (Å²) >= 11 is 0. The summed E-state index contributed by atoms with van der Waals surface area (Å²) in [6, 6.07) is 4.36. The van der Waals surface area contributed by atoms with Crippen LogP contribution < -0.4 is 10.6 Å². The fraction of sp³-hybridized carbons (Fsp3) is 0.143. The number of nitrogens with two attached hydrogens (primary N) is 1. The maximum absolute atomic E-state index is 11.1. The minimum Gasteiger partial charge on any atom is -0.423 e. The lowest BCUT2D eigenvalue weighted by molar-refractivity contribution is 0.424. The van der Waals surface area contributed by atoms with Gasteiger partial charge in [-0.2, -0.15) is 0 Å². The maximum atomic E-state index is 11.1. The third-order valence-electron chi connectivity index (χ3n) is 1.81. The van der Waals surface area contributed by atoms with Crippen molar-refractivity contribution in [2.75, 3.05) is 0 Å². The van der Waals surface area contributed by atoms with Crippen molar-refractivity contribution in [3.05, 3.63) is 23.8 Å². The number of aryl methyl sites for hydroxylation is 1. The van der Waals surface area contributed by atoms with E-state index in [0.717, 1.165) is 0 Å². The third kappa shape index (κ3) is 2.13. The van der Waals surface area contributed by atoms with Gasteiger partial charge in [0.2, 0.25) is 10.0 Å². The molecule has 76 valence electrons. The van der Waals surface area contributed by atoms with Crippen molar-refractivity contribution < 1.29 is 18.5 Å². The average molecular weight is 215 g/mol. The highest BCUT2D eigenvalue weighted by molar-refractivity contribution is 7.89. The monoisotopic (exact) mass is 215 g/mol. The molecule has 0 atom stereocenters. The first-order valence-electron chi connectivity index (χ1n) is 3.82. The Morgan fingerprint density at radius 3 is 2.29 bits per heavy atom. The summed E-state index contributed by atoms with van der Waals surface area (Å²) < 4.78 is 22.3. The maximum Gasteiger partial charge on any atom is 0.489 e. The Labute approximate surface area is 82.4 Å². The van der Waals surface area contributed by atoms with Gasteiger partial charge in [0.25, 0.3) is 0 Å². The molecule has 0 aliphatic carbocycles. The van der Waals surface area contributed by atoms with Gasteiger partial charge < -0.3 is 10.0 Å². The molecular weight excluding hydrogens is 205 g/mol. The average Bonchev–Trinajstić information content (AvgIpc) is 2.01. The molecule has 1 aromatic rings. The zero-order valence-electron chi connectivity index (χ0n) is 7.51. The topological polar surface area (TPSA) is 101 Å². The molecule has 5 nitrogen and oxygen atoms in total. The molecule has 0 aliphatic rings. The molecule has 0 heterocycles. The predicted octanol–water partition coefficient (Wildman–Crippen LogP) is -1.68. The van der Waals surface area contributed by atoms with Crippen molar-refractivity contribution in [2.45, 2.75) is 11.8 Å². The minimum absolute atomic E-state index is 0.104. The minimum atomic E-state index is -3.93. The number of benzene rings is 1. The van der Waals surface area contributed by atoms with Gasteiger partial charge in [0.1, 0.15) is 0 Å². The lowest BCUT2D eigenvalue weighted by atomic mass is 9.79. The molecule has 0 saturated carbocycles. The van der Waals surface area contributed by atoms with E-state index in [9.17, 15) is 8.42 Å². The highest BCUT2D eigenvalue weighted by Gasteiger charge is 2.23. The van der Waals surface area contributed by atoms with Crippen LogP contribution in [0.2, 0.25) is 0 Å². The van der Waals surface area contributed by atoms with E-state index in [2.05, 4.69) is 0 Å². The fourth-order valence-corrected chi connectivity index (χ4v) is 2.29. The van der Waals surface area contributed by atoms with Crippen LogP contribution in [-0.4, -0.2) is 25.6 Å². The highest BCUT2D eigenvalue weighted by atomic mass is 32.2. The summed E-state index contributed by atoms with van der Waals surface area (Å²) in [5.74, 6) is 0. The van der Waals surface area contributed by atoms with Gasteiger partial charge >= 0.3 is 7.12 Å². The van der Waals surface area contributed by atoms with Crippen LogP contribution in [0, 0.1) is 6.92 Å². The Morgan fingerprint density at radius 1 is 1.36 bits per heavy atom. The molecule has 1 rings (SSSR count). The first-order chi connectivity index (χ1) is 6.34. The molecule has 0 unspecified atom stereocenters. The lowest BCUT2D eigenvalue weighted by Gasteiger charge is -2.09. The van der Waals surface area contributed by atoms with Gasteiger partial charge in [-0.25, -0.2) is 13.6 Å². The first kappa shape index (κ1) is 11.2. The number of hydrogen-bond donors (Lipinski definition) is 3. The Hall–Kier alpha value is -0.885. The van der Waals surface area contributed by atoms with Gasteiger partial charge in [-0.05, 0) is 12.5 Å². The van der Waals surface area contributed by atoms with Crippen molar-refractivity contribution in [3.63, 3.8) is 0 Å². The van der Waals surface area contributed by atoms with Crippen LogP contribution in [0.25, 0.3) is 0 Å². The molecule has 0 amide bonds. The number of sulfonamides is 1. The van der Waals surface area contributed by atoms with E-state index in [0.29, 0.717) is 5.56 Å². The van der Waals surface area contributed by atoms with Gasteiger partial charge in [0.05, 0.1) is 4.90 Å². The number of primary sulfonamides is 1. The molecular formula is C7H10BNO4S. The van der Waals surface area contributed by atoms with Gasteiger partial charge in [-0.15, -0.1) is 0 Å². The SMILES string of the molecule is Cc1cccc(B(O)O)c1S(N)(=O)=O. The second-order valence-electron chi connectivity index (χ2n) is 2.91. The van der Waals surface area contributed by atoms with Crippen LogP contribution in [0.4, 0.5) is 0 Å². The van der Waals surface area contributed by atoms with Crippen LogP contribution in [0.1, 0.15) is 5.56 Å². The van der Waals surface area contributed by atoms with E-state index < -0.39 is 17.1 Å². The van der Waals surface area contributed by atoms with Gasteiger partial charge in [-0.1, -0.05) is 18.2 Å².